The molecule has 0 spiro atoms. The van der Waals surface area contributed by atoms with Gasteiger partial charge in [0.15, 0.2) is 11.6 Å². The van der Waals surface area contributed by atoms with Gasteiger partial charge in [0.1, 0.15) is 11.5 Å². The largest absolute Gasteiger partial charge is 0.454 e. The number of carbonyl (C=O) groups is 2. The van der Waals surface area contributed by atoms with Crippen molar-refractivity contribution in [1.29, 1.82) is 0 Å². The molecule has 0 saturated carbocycles. The molecule has 3 rings (SSSR count). The Morgan fingerprint density at radius 1 is 0.741 bits per heavy atom. The van der Waals surface area contributed by atoms with Crippen LogP contribution in [0, 0.1) is 0 Å². The molecule has 0 radical (unpaired) electrons. The number of rotatable bonds is 6. The monoisotopic (exact) mass is 358 g/mol. The van der Waals surface area contributed by atoms with Gasteiger partial charge in [0.2, 0.25) is 0 Å². The molecule has 0 amide bonds. The van der Waals surface area contributed by atoms with E-state index < -0.39 is 0 Å². The van der Waals surface area contributed by atoms with Gasteiger partial charge in [0, 0.05) is 11.1 Å². The molecule has 0 aliphatic rings. The maximum atomic E-state index is 11.4. The molecule has 0 N–H and O–H groups in total. The highest BCUT2D eigenvalue weighted by atomic mass is 16.3. The predicted octanol–water partition coefficient (Wildman–Crippen LogP) is 5.19. The van der Waals surface area contributed by atoms with Crippen molar-refractivity contribution in [3.8, 4) is 0 Å². The van der Waals surface area contributed by atoms with Gasteiger partial charge in [0.05, 0.1) is 23.8 Å². The van der Waals surface area contributed by atoms with E-state index in [1.807, 2.05) is 12.1 Å². The van der Waals surface area contributed by atoms with Crippen molar-refractivity contribution in [1.82, 2.24) is 0 Å². The van der Waals surface area contributed by atoms with Crippen LogP contribution >= 0.6 is 0 Å². The number of furan rings is 1. The Morgan fingerprint density at radius 2 is 1.19 bits per heavy atom. The summed E-state index contributed by atoms with van der Waals surface area (Å²) in [4.78, 5) is 31.5. The standard InChI is InChI=1S/C22H18N2O3/c1-15(25)17-5-3-7-19(11-17)23-13-21-9-10-22(27-21)14-24-20-8-4-6-18(12-20)16(2)26/h3-14H,1-2H3. The summed E-state index contributed by atoms with van der Waals surface area (Å²) in [5, 5.41) is 0. The minimum absolute atomic E-state index is 0.00242. The molecular weight excluding hydrogens is 340 g/mol. The molecule has 0 bridgehead atoms. The van der Waals surface area contributed by atoms with Gasteiger partial charge in [-0.05, 0) is 50.2 Å². The third-order valence-electron chi connectivity index (χ3n) is 3.83. The number of Topliss-reactive ketones (excluding diaryl/α,β-unsaturated/α-hetero) is 2. The summed E-state index contributed by atoms with van der Waals surface area (Å²) in [5.41, 5.74) is 2.58. The second-order valence-corrected chi connectivity index (χ2v) is 5.97. The zero-order valence-corrected chi connectivity index (χ0v) is 15.0. The van der Waals surface area contributed by atoms with Crippen LogP contribution in [0.15, 0.2) is 75.1 Å². The number of aliphatic imine (C=N–C) groups is 2. The predicted molar refractivity (Wildman–Crippen MR) is 106 cm³/mol. The second kappa shape index (κ2) is 8.19. The molecule has 0 unspecified atom stereocenters. The lowest BCUT2D eigenvalue weighted by Crippen LogP contribution is -1.90. The van der Waals surface area contributed by atoms with Crippen LogP contribution in [0.2, 0.25) is 0 Å². The molecule has 5 nitrogen and oxygen atoms in total. The molecular formula is C22H18N2O3. The third kappa shape index (κ3) is 4.95. The van der Waals surface area contributed by atoms with Crippen LogP contribution < -0.4 is 0 Å². The van der Waals surface area contributed by atoms with Gasteiger partial charge >= 0.3 is 0 Å². The first-order chi connectivity index (χ1) is 13.0. The van der Waals surface area contributed by atoms with Gasteiger partial charge in [-0.2, -0.15) is 0 Å². The van der Waals surface area contributed by atoms with Gasteiger partial charge < -0.3 is 4.42 Å². The van der Waals surface area contributed by atoms with Crippen molar-refractivity contribution < 1.29 is 14.0 Å². The average Bonchev–Trinajstić information content (AvgIpc) is 3.13. The van der Waals surface area contributed by atoms with Crippen molar-refractivity contribution in [3.63, 3.8) is 0 Å². The molecule has 0 saturated heterocycles. The van der Waals surface area contributed by atoms with E-state index in [1.165, 1.54) is 13.8 Å². The number of benzene rings is 2. The highest BCUT2D eigenvalue weighted by Crippen LogP contribution is 2.17. The molecule has 1 aromatic heterocycles. The van der Waals surface area contributed by atoms with Gasteiger partial charge in [-0.15, -0.1) is 0 Å². The first kappa shape index (κ1) is 18.2. The van der Waals surface area contributed by atoms with Crippen molar-refractivity contribution in [2.75, 3.05) is 0 Å². The van der Waals surface area contributed by atoms with Crippen molar-refractivity contribution >= 4 is 35.4 Å². The van der Waals surface area contributed by atoms with Crippen molar-refractivity contribution in [2.45, 2.75) is 13.8 Å². The molecule has 0 fully saturated rings. The fourth-order valence-corrected chi connectivity index (χ4v) is 2.39. The molecule has 0 atom stereocenters. The fraction of sp³-hybridized carbons (Fsp3) is 0.0909. The lowest BCUT2D eigenvalue weighted by Gasteiger charge is -1.97. The van der Waals surface area contributed by atoms with Crippen LogP contribution in [0.5, 0.6) is 0 Å². The van der Waals surface area contributed by atoms with E-state index in [1.54, 1.807) is 61.0 Å². The van der Waals surface area contributed by atoms with Crippen LogP contribution in [0.3, 0.4) is 0 Å². The van der Waals surface area contributed by atoms with Gasteiger partial charge in [-0.25, -0.2) is 0 Å². The second-order valence-electron chi connectivity index (χ2n) is 5.97. The summed E-state index contributed by atoms with van der Waals surface area (Å²) in [5.74, 6) is 1.14. The van der Waals surface area contributed by atoms with E-state index in [9.17, 15) is 9.59 Å². The van der Waals surface area contributed by atoms with Crippen molar-refractivity contribution in [2.24, 2.45) is 9.98 Å². The number of hydrogen-bond acceptors (Lipinski definition) is 5. The van der Waals surface area contributed by atoms with Crippen LogP contribution in [0.1, 0.15) is 46.1 Å². The third-order valence-corrected chi connectivity index (χ3v) is 3.83. The summed E-state index contributed by atoms with van der Waals surface area (Å²) in [7, 11) is 0. The van der Waals surface area contributed by atoms with Gasteiger partial charge in [-0.1, -0.05) is 24.3 Å². The zero-order valence-electron chi connectivity index (χ0n) is 15.0. The quantitative estimate of drug-likeness (QED) is 0.450. The first-order valence-corrected chi connectivity index (χ1v) is 8.41. The first-order valence-electron chi connectivity index (χ1n) is 8.41. The van der Waals surface area contributed by atoms with Crippen LogP contribution in [-0.2, 0) is 0 Å². The van der Waals surface area contributed by atoms with E-state index >= 15 is 0 Å². The summed E-state index contributed by atoms with van der Waals surface area (Å²) >= 11 is 0. The SMILES string of the molecule is CC(=O)c1cccc(N=Cc2ccc(C=Nc3cccc(C(C)=O)c3)o2)c1. The number of nitrogens with zero attached hydrogens (tertiary/aromatic N) is 2. The van der Waals surface area contributed by atoms with Crippen LogP contribution in [-0.4, -0.2) is 24.0 Å². The van der Waals surface area contributed by atoms with Gasteiger partial charge in [-0.3, -0.25) is 19.6 Å². The summed E-state index contributed by atoms with van der Waals surface area (Å²) in [6, 6.07) is 17.7. The Kier molecular flexibility index (Phi) is 5.52. The highest BCUT2D eigenvalue weighted by Gasteiger charge is 2.02. The van der Waals surface area contributed by atoms with Crippen molar-refractivity contribution in [3.05, 3.63) is 83.3 Å². The zero-order chi connectivity index (χ0) is 19.2. The van der Waals surface area contributed by atoms with Gasteiger partial charge in [0.25, 0.3) is 0 Å². The Labute approximate surface area is 157 Å². The van der Waals surface area contributed by atoms with E-state index in [4.69, 9.17) is 4.42 Å². The molecule has 3 aromatic rings. The number of hydrogen-bond donors (Lipinski definition) is 0. The van der Waals surface area contributed by atoms with E-state index in [2.05, 4.69) is 9.98 Å². The Morgan fingerprint density at radius 3 is 1.59 bits per heavy atom. The Balaban J connectivity index is 1.71. The van der Waals surface area contributed by atoms with Crippen LogP contribution in [0.4, 0.5) is 11.4 Å². The summed E-state index contributed by atoms with van der Waals surface area (Å²) in [6.45, 7) is 3.04. The minimum atomic E-state index is -0.00242. The Bertz CT molecular complexity index is 963. The van der Waals surface area contributed by atoms with Crippen LogP contribution in [0.25, 0.3) is 0 Å². The molecule has 0 aliphatic heterocycles. The lowest BCUT2D eigenvalue weighted by atomic mass is 10.1. The highest BCUT2D eigenvalue weighted by molar-refractivity contribution is 5.95. The summed E-state index contributed by atoms with van der Waals surface area (Å²) < 4.78 is 5.65. The average molecular weight is 358 g/mol. The molecule has 5 heteroatoms. The van der Waals surface area contributed by atoms with E-state index in [-0.39, 0.29) is 11.6 Å². The molecule has 0 aliphatic carbocycles. The topological polar surface area (TPSA) is 72.0 Å². The molecule has 2 aromatic carbocycles. The normalized spacial score (nSPS) is 11.3. The fourth-order valence-electron chi connectivity index (χ4n) is 2.39. The maximum absolute atomic E-state index is 11.4. The molecule has 134 valence electrons. The smallest absolute Gasteiger partial charge is 0.159 e. The van der Waals surface area contributed by atoms with E-state index in [0.717, 1.165) is 0 Å². The lowest BCUT2D eigenvalue weighted by molar-refractivity contribution is 0.100. The molecule has 1 heterocycles. The number of carbonyl (C=O) groups excluding carboxylic acids is 2. The number of ketones is 2. The molecule has 27 heavy (non-hydrogen) atoms. The Hall–Kier alpha value is -3.60. The van der Waals surface area contributed by atoms with E-state index in [0.29, 0.717) is 34.0 Å². The summed E-state index contributed by atoms with van der Waals surface area (Å²) in [6.07, 6.45) is 3.18. The minimum Gasteiger partial charge on any atom is -0.454 e. The maximum Gasteiger partial charge on any atom is 0.159 e.